The predicted octanol–water partition coefficient (Wildman–Crippen LogP) is 2.71. The maximum Gasteiger partial charge on any atom is 0.224 e. The highest BCUT2D eigenvalue weighted by atomic mass is 16.5. The molecule has 20 heavy (non-hydrogen) atoms. The molecule has 0 atom stereocenters. The maximum absolute atomic E-state index is 5.62. The van der Waals surface area contributed by atoms with E-state index in [4.69, 9.17) is 4.74 Å². The number of rotatable bonds is 7. The summed E-state index contributed by atoms with van der Waals surface area (Å²) >= 11 is 0. The quantitative estimate of drug-likeness (QED) is 0.759. The van der Waals surface area contributed by atoms with Crippen molar-refractivity contribution in [2.45, 2.75) is 13.8 Å². The van der Waals surface area contributed by atoms with E-state index < -0.39 is 0 Å². The van der Waals surface area contributed by atoms with Gasteiger partial charge in [0, 0.05) is 18.3 Å². The Morgan fingerprint density at radius 2 is 1.95 bits per heavy atom. The minimum atomic E-state index is 0.587. The summed E-state index contributed by atoms with van der Waals surface area (Å²) in [6.07, 6.45) is 1.81. The van der Waals surface area contributed by atoms with Crippen molar-refractivity contribution in [3.8, 4) is 5.75 Å². The molecule has 1 aromatic heterocycles. The van der Waals surface area contributed by atoms with Crippen molar-refractivity contribution in [3.63, 3.8) is 0 Å². The number of anilines is 2. The molecule has 106 valence electrons. The number of benzene rings is 1. The zero-order valence-corrected chi connectivity index (χ0v) is 11.9. The first-order valence-electron chi connectivity index (χ1n) is 6.79. The van der Waals surface area contributed by atoms with Gasteiger partial charge in [-0.1, -0.05) is 18.2 Å². The summed E-state index contributed by atoms with van der Waals surface area (Å²) in [7, 11) is 0. The Hall–Kier alpha value is -2.30. The van der Waals surface area contributed by atoms with Crippen molar-refractivity contribution in [1.82, 2.24) is 9.97 Å². The fourth-order valence-corrected chi connectivity index (χ4v) is 1.72. The van der Waals surface area contributed by atoms with E-state index in [0.29, 0.717) is 19.1 Å². The van der Waals surface area contributed by atoms with Crippen LogP contribution in [0.5, 0.6) is 5.75 Å². The van der Waals surface area contributed by atoms with Gasteiger partial charge in [-0.05, 0) is 26.0 Å². The van der Waals surface area contributed by atoms with Gasteiger partial charge >= 0.3 is 0 Å². The van der Waals surface area contributed by atoms with Crippen molar-refractivity contribution in [3.05, 3.63) is 42.1 Å². The first-order valence-corrected chi connectivity index (χ1v) is 6.79. The smallest absolute Gasteiger partial charge is 0.224 e. The second-order valence-corrected chi connectivity index (χ2v) is 4.34. The lowest BCUT2D eigenvalue weighted by molar-refractivity contribution is 0.332. The number of aryl methyl sites for hydroxylation is 1. The molecule has 5 nitrogen and oxygen atoms in total. The zero-order valence-electron chi connectivity index (χ0n) is 11.9. The summed E-state index contributed by atoms with van der Waals surface area (Å²) in [4.78, 5) is 8.63. The number of para-hydroxylation sites is 1. The molecule has 0 aliphatic rings. The molecule has 0 aliphatic heterocycles. The lowest BCUT2D eigenvalue weighted by Gasteiger charge is -2.11. The summed E-state index contributed by atoms with van der Waals surface area (Å²) in [6, 6.07) is 9.77. The molecule has 2 rings (SSSR count). The fourth-order valence-electron chi connectivity index (χ4n) is 1.72. The van der Waals surface area contributed by atoms with E-state index >= 15 is 0 Å². The molecule has 1 heterocycles. The number of ether oxygens (including phenoxy) is 1. The summed E-state index contributed by atoms with van der Waals surface area (Å²) in [5.41, 5.74) is 1.02. The number of nitrogens with zero attached hydrogens (tertiary/aromatic N) is 2. The van der Waals surface area contributed by atoms with Crippen LogP contribution in [0.25, 0.3) is 0 Å². The van der Waals surface area contributed by atoms with Gasteiger partial charge in [-0.15, -0.1) is 0 Å². The van der Waals surface area contributed by atoms with Crippen LogP contribution in [0.3, 0.4) is 0 Å². The van der Waals surface area contributed by atoms with Gasteiger partial charge in [-0.3, -0.25) is 0 Å². The van der Waals surface area contributed by atoms with Crippen LogP contribution in [-0.4, -0.2) is 29.7 Å². The van der Waals surface area contributed by atoms with Crippen LogP contribution in [-0.2, 0) is 0 Å². The molecule has 0 bridgehead atoms. The van der Waals surface area contributed by atoms with Crippen molar-refractivity contribution in [2.24, 2.45) is 0 Å². The Bertz CT molecular complexity index is 531. The minimum Gasteiger partial charge on any atom is -0.492 e. The second kappa shape index (κ2) is 7.33. The Balaban J connectivity index is 1.83. The normalized spacial score (nSPS) is 10.1. The van der Waals surface area contributed by atoms with Crippen molar-refractivity contribution in [1.29, 1.82) is 0 Å². The van der Waals surface area contributed by atoms with Gasteiger partial charge in [-0.25, -0.2) is 4.98 Å². The molecular weight excluding hydrogens is 252 g/mol. The number of hydrogen-bond acceptors (Lipinski definition) is 5. The monoisotopic (exact) mass is 272 g/mol. The molecule has 2 aromatic rings. The molecule has 0 radical (unpaired) electrons. The molecule has 0 unspecified atom stereocenters. The van der Waals surface area contributed by atoms with E-state index in [0.717, 1.165) is 23.7 Å². The molecule has 0 fully saturated rings. The third kappa shape index (κ3) is 4.12. The second-order valence-electron chi connectivity index (χ2n) is 4.34. The van der Waals surface area contributed by atoms with Crippen LogP contribution >= 0.6 is 0 Å². The van der Waals surface area contributed by atoms with Gasteiger partial charge in [0.05, 0.1) is 6.54 Å². The zero-order chi connectivity index (χ0) is 14.2. The van der Waals surface area contributed by atoms with Crippen molar-refractivity contribution < 1.29 is 4.74 Å². The Kier molecular flexibility index (Phi) is 5.17. The van der Waals surface area contributed by atoms with E-state index in [9.17, 15) is 0 Å². The molecule has 0 spiro atoms. The van der Waals surface area contributed by atoms with Crippen LogP contribution in [0.15, 0.2) is 36.5 Å². The lowest BCUT2D eigenvalue weighted by Crippen LogP contribution is -2.14. The molecule has 0 amide bonds. The van der Waals surface area contributed by atoms with E-state index in [1.807, 2.05) is 50.4 Å². The topological polar surface area (TPSA) is 59.1 Å². The van der Waals surface area contributed by atoms with Gasteiger partial charge in [-0.2, -0.15) is 4.98 Å². The molecule has 0 aliphatic carbocycles. The average Bonchev–Trinajstić information content (AvgIpc) is 2.48. The van der Waals surface area contributed by atoms with E-state index in [1.165, 1.54) is 0 Å². The largest absolute Gasteiger partial charge is 0.492 e. The highest BCUT2D eigenvalue weighted by Crippen LogP contribution is 2.12. The highest BCUT2D eigenvalue weighted by Gasteiger charge is 2.02. The third-order valence-corrected chi connectivity index (χ3v) is 2.71. The van der Waals surface area contributed by atoms with Gasteiger partial charge in [0.25, 0.3) is 0 Å². The van der Waals surface area contributed by atoms with Crippen LogP contribution < -0.4 is 15.4 Å². The first kappa shape index (κ1) is 14.1. The van der Waals surface area contributed by atoms with Gasteiger partial charge in [0.2, 0.25) is 5.95 Å². The van der Waals surface area contributed by atoms with Gasteiger partial charge in [0.1, 0.15) is 18.2 Å². The predicted molar refractivity (Wildman–Crippen MR) is 81.4 cm³/mol. The Labute approximate surface area is 119 Å². The van der Waals surface area contributed by atoms with E-state index in [2.05, 4.69) is 20.6 Å². The lowest BCUT2D eigenvalue weighted by atomic mass is 10.3. The number of aromatic nitrogens is 2. The fraction of sp³-hybridized carbons (Fsp3) is 0.333. The molecule has 0 saturated heterocycles. The van der Waals surface area contributed by atoms with Gasteiger partial charge < -0.3 is 15.4 Å². The van der Waals surface area contributed by atoms with Crippen LogP contribution in [0.1, 0.15) is 12.5 Å². The maximum atomic E-state index is 5.62. The first-order chi connectivity index (χ1) is 9.79. The van der Waals surface area contributed by atoms with Crippen molar-refractivity contribution >= 4 is 11.8 Å². The Morgan fingerprint density at radius 1 is 1.15 bits per heavy atom. The minimum absolute atomic E-state index is 0.587. The molecule has 0 saturated carbocycles. The van der Waals surface area contributed by atoms with E-state index in [-0.39, 0.29) is 0 Å². The standard InChI is InChI=1S/C15H20N4O/c1-3-16-15-18-11-12(2)14(19-15)17-9-10-20-13-7-5-4-6-8-13/h4-8,11H,3,9-10H2,1-2H3,(H2,16,17,18,19). The van der Waals surface area contributed by atoms with Crippen LogP contribution in [0, 0.1) is 6.92 Å². The Morgan fingerprint density at radius 3 is 2.70 bits per heavy atom. The summed E-state index contributed by atoms with van der Waals surface area (Å²) in [5.74, 6) is 2.36. The molecule has 2 N–H and O–H groups in total. The van der Waals surface area contributed by atoms with E-state index in [1.54, 1.807) is 0 Å². The molecule has 1 aromatic carbocycles. The average molecular weight is 272 g/mol. The van der Waals surface area contributed by atoms with Gasteiger partial charge in [0.15, 0.2) is 0 Å². The van der Waals surface area contributed by atoms with Crippen molar-refractivity contribution in [2.75, 3.05) is 30.3 Å². The summed E-state index contributed by atoms with van der Waals surface area (Å²) in [6.45, 7) is 6.09. The third-order valence-electron chi connectivity index (χ3n) is 2.71. The summed E-state index contributed by atoms with van der Waals surface area (Å²) < 4.78 is 5.62. The molecular formula is C15H20N4O. The SMILES string of the molecule is CCNc1ncc(C)c(NCCOc2ccccc2)n1. The number of hydrogen-bond donors (Lipinski definition) is 2. The van der Waals surface area contributed by atoms with Crippen LogP contribution in [0.4, 0.5) is 11.8 Å². The molecule has 5 heteroatoms. The number of nitrogens with one attached hydrogen (secondary N) is 2. The van der Waals surface area contributed by atoms with Crippen LogP contribution in [0.2, 0.25) is 0 Å². The summed E-state index contributed by atoms with van der Waals surface area (Å²) in [5, 5.41) is 6.36. The highest BCUT2D eigenvalue weighted by molar-refractivity contribution is 5.46.